The van der Waals surface area contributed by atoms with E-state index in [1.165, 1.54) is 17.8 Å². The number of hydrogen-bond donors (Lipinski definition) is 3. The molecule has 3 amide bonds. The van der Waals surface area contributed by atoms with Gasteiger partial charge in [-0.1, -0.05) is 66.2 Å². The molecule has 5 rings (SSSR count). The Bertz CT molecular complexity index is 1760. The second-order valence-electron chi connectivity index (χ2n) is 10.0. The number of thioether (sulfide) groups is 1. The smallest absolute Gasteiger partial charge is 0.272 e. The fourth-order valence-electron chi connectivity index (χ4n) is 4.23. The van der Waals surface area contributed by atoms with Crippen molar-refractivity contribution >= 4 is 46.9 Å². The van der Waals surface area contributed by atoms with Crippen LogP contribution in [-0.4, -0.2) is 23.0 Å². The van der Waals surface area contributed by atoms with E-state index < -0.39 is 11.8 Å². The van der Waals surface area contributed by atoms with Crippen LogP contribution >= 0.6 is 11.8 Å². The summed E-state index contributed by atoms with van der Waals surface area (Å²) >= 11 is 1.41. The van der Waals surface area contributed by atoms with Gasteiger partial charge in [0, 0.05) is 33.5 Å². The Kier molecular flexibility index (Phi) is 9.74. The van der Waals surface area contributed by atoms with Crippen molar-refractivity contribution in [2.24, 2.45) is 0 Å². The molecule has 0 aliphatic heterocycles. The second kappa shape index (κ2) is 14.2. The van der Waals surface area contributed by atoms with Crippen molar-refractivity contribution in [3.8, 4) is 11.3 Å². The van der Waals surface area contributed by atoms with Gasteiger partial charge in [0.15, 0.2) is 0 Å². The Labute approximate surface area is 260 Å². The van der Waals surface area contributed by atoms with Crippen LogP contribution in [-0.2, 0) is 9.59 Å². The predicted molar refractivity (Wildman–Crippen MR) is 176 cm³/mol. The number of carbonyl (C=O) groups excluding carboxylic acids is 3. The highest BCUT2D eigenvalue weighted by atomic mass is 32.2. The second-order valence-corrected chi connectivity index (χ2v) is 11.5. The maximum Gasteiger partial charge on any atom is 0.272 e. The van der Waals surface area contributed by atoms with Crippen LogP contribution in [0.5, 0.6) is 0 Å². The Balaban J connectivity index is 1.29. The molecule has 0 aliphatic carbocycles. The largest absolute Gasteiger partial charge is 0.457 e. The molecule has 44 heavy (non-hydrogen) atoms. The molecule has 220 valence electrons. The van der Waals surface area contributed by atoms with Gasteiger partial charge in [-0.15, -0.1) is 11.8 Å². The van der Waals surface area contributed by atoms with Crippen LogP contribution in [0.15, 0.2) is 136 Å². The van der Waals surface area contributed by atoms with Gasteiger partial charge < -0.3 is 20.4 Å². The van der Waals surface area contributed by atoms with Gasteiger partial charge in [-0.25, -0.2) is 0 Å². The summed E-state index contributed by atoms with van der Waals surface area (Å²) in [6.45, 7) is 3.85. The molecule has 4 aromatic carbocycles. The third kappa shape index (κ3) is 8.14. The van der Waals surface area contributed by atoms with Gasteiger partial charge >= 0.3 is 0 Å². The summed E-state index contributed by atoms with van der Waals surface area (Å²) in [5, 5.41) is 8.15. The van der Waals surface area contributed by atoms with Crippen molar-refractivity contribution in [2.75, 3.05) is 10.6 Å². The maximum absolute atomic E-state index is 13.4. The van der Waals surface area contributed by atoms with E-state index >= 15 is 0 Å². The molecule has 7 nitrogen and oxygen atoms in total. The summed E-state index contributed by atoms with van der Waals surface area (Å²) < 4.78 is 5.99. The normalized spacial score (nSPS) is 11.8. The lowest BCUT2D eigenvalue weighted by Gasteiger charge is -2.13. The highest BCUT2D eigenvalue weighted by Crippen LogP contribution is 2.27. The molecule has 0 spiro atoms. The van der Waals surface area contributed by atoms with Crippen molar-refractivity contribution in [1.29, 1.82) is 0 Å². The average molecular weight is 602 g/mol. The number of nitrogens with one attached hydrogen (secondary N) is 3. The van der Waals surface area contributed by atoms with E-state index in [0.29, 0.717) is 22.8 Å². The molecule has 1 heterocycles. The summed E-state index contributed by atoms with van der Waals surface area (Å²) in [7, 11) is 0. The quantitative estimate of drug-likeness (QED) is 0.112. The first-order chi connectivity index (χ1) is 21.3. The fraction of sp³-hybridized carbons (Fsp3) is 0.0833. The number of hydrogen-bond acceptors (Lipinski definition) is 5. The van der Waals surface area contributed by atoms with Crippen LogP contribution in [0.3, 0.4) is 0 Å². The number of furan rings is 1. The first kappa shape index (κ1) is 30.1. The summed E-state index contributed by atoms with van der Waals surface area (Å²) in [5.74, 6) is 0.00940. The van der Waals surface area contributed by atoms with Gasteiger partial charge in [0.05, 0.1) is 5.25 Å². The summed E-state index contributed by atoms with van der Waals surface area (Å²) in [6.07, 6.45) is 1.51. The Morgan fingerprint density at radius 3 is 2.05 bits per heavy atom. The predicted octanol–water partition coefficient (Wildman–Crippen LogP) is 7.78. The van der Waals surface area contributed by atoms with E-state index in [2.05, 4.69) is 16.0 Å². The van der Waals surface area contributed by atoms with E-state index in [1.54, 1.807) is 42.5 Å². The van der Waals surface area contributed by atoms with Crippen molar-refractivity contribution < 1.29 is 18.8 Å². The number of anilines is 2. The molecular formula is C36H31N3O4S. The van der Waals surface area contributed by atoms with Gasteiger partial charge in [-0.3, -0.25) is 14.4 Å². The SMILES string of the molecule is Cc1ccc(-c2ccc(/C=C(\NC(=O)c3ccccc3)C(=O)Nc3ccc(SC(C)C(=O)Nc4ccccc4)cc3)o2)cc1. The first-order valence-corrected chi connectivity index (χ1v) is 14.9. The van der Waals surface area contributed by atoms with Crippen LogP contribution < -0.4 is 16.0 Å². The Hall–Kier alpha value is -5.34. The lowest BCUT2D eigenvalue weighted by molar-refractivity contribution is -0.115. The van der Waals surface area contributed by atoms with Crippen LogP contribution in [0.1, 0.15) is 28.6 Å². The molecule has 3 N–H and O–H groups in total. The van der Waals surface area contributed by atoms with Crippen LogP contribution in [0.25, 0.3) is 17.4 Å². The van der Waals surface area contributed by atoms with Gasteiger partial charge in [-0.2, -0.15) is 0 Å². The molecule has 1 atom stereocenters. The number of carbonyl (C=O) groups is 3. The van der Waals surface area contributed by atoms with Crippen LogP contribution in [0, 0.1) is 6.92 Å². The minimum absolute atomic E-state index is 0.0216. The number of benzene rings is 4. The summed E-state index contributed by atoms with van der Waals surface area (Å²) in [4.78, 5) is 39.9. The summed E-state index contributed by atoms with van der Waals surface area (Å²) in [5.41, 5.74) is 3.75. The van der Waals surface area contributed by atoms with E-state index in [0.717, 1.165) is 21.7 Å². The van der Waals surface area contributed by atoms with E-state index in [9.17, 15) is 14.4 Å². The molecule has 5 aromatic rings. The van der Waals surface area contributed by atoms with E-state index in [1.807, 2.05) is 92.7 Å². The molecule has 0 fully saturated rings. The van der Waals surface area contributed by atoms with Crippen molar-refractivity contribution in [3.63, 3.8) is 0 Å². The number of aryl methyl sites for hydroxylation is 1. The van der Waals surface area contributed by atoms with Gasteiger partial charge in [-0.05, 0) is 74.5 Å². The molecule has 1 unspecified atom stereocenters. The minimum Gasteiger partial charge on any atom is -0.457 e. The Morgan fingerprint density at radius 1 is 0.727 bits per heavy atom. The van der Waals surface area contributed by atoms with E-state index in [-0.39, 0.29) is 16.9 Å². The van der Waals surface area contributed by atoms with Gasteiger partial charge in [0.1, 0.15) is 17.2 Å². The molecular weight excluding hydrogens is 570 g/mol. The maximum atomic E-state index is 13.4. The van der Waals surface area contributed by atoms with Gasteiger partial charge in [0.25, 0.3) is 11.8 Å². The van der Waals surface area contributed by atoms with E-state index in [4.69, 9.17) is 4.42 Å². The highest BCUT2D eigenvalue weighted by Gasteiger charge is 2.18. The zero-order valence-corrected chi connectivity index (χ0v) is 25.1. The van der Waals surface area contributed by atoms with Gasteiger partial charge in [0.2, 0.25) is 5.91 Å². The van der Waals surface area contributed by atoms with Crippen molar-refractivity contribution in [3.05, 3.63) is 144 Å². The van der Waals surface area contributed by atoms with Crippen molar-refractivity contribution in [1.82, 2.24) is 5.32 Å². The molecule has 0 radical (unpaired) electrons. The summed E-state index contributed by atoms with van der Waals surface area (Å²) in [6, 6.07) is 36.6. The molecule has 8 heteroatoms. The minimum atomic E-state index is -0.515. The molecule has 0 saturated heterocycles. The zero-order chi connectivity index (χ0) is 30.9. The molecule has 0 aliphatic rings. The number of rotatable bonds is 10. The lowest BCUT2D eigenvalue weighted by atomic mass is 10.1. The monoisotopic (exact) mass is 601 g/mol. The fourth-order valence-corrected chi connectivity index (χ4v) is 5.09. The average Bonchev–Trinajstić information content (AvgIpc) is 3.51. The van der Waals surface area contributed by atoms with Crippen molar-refractivity contribution in [2.45, 2.75) is 24.0 Å². The third-order valence-electron chi connectivity index (χ3n) is 6.61. The first-order valence-electron chi connectivity index (χ1n) is 14.0. The zero-order valence-electron chi connectivity index (χ0n) is 24.2. The Morgan fingerprint density at radius 2 is 1.36 bits per heavy atom. The lowest BCUT2D eigenvalue weighted by Crippen LogP contribution is -2.30. The number of para-hydroxylation sites is 1. The highest BCUT2D eigenvalue weighted by molar-refractivity contribution is 8.00. The molecule has 0 saturated carbocycles. The molecule has 0 bridgehead atoms. The topological polar surface area (TPSA) is 100 Å². The number of amides is 3. The standard InChI is InChI=1S/C36H31N3O4S/c1-24-13-15-26(16-14-24)33-22-19-30(43-33)23-32(39-35(41)27-9-5-3-6-10-27)36(42)38-29-17-20-31(21-18-29)44-25(2)34(40)37-28-11-7-4-8-12-28/h3-23,25H,1-2H3,(H,37,40)(H,38,42)(H,39,41)/b32-23-. The van der Waals surface area contributed by atoms with Crippen LogP contribution in [0.4, 0.5) is 11.4 Å². The molecule has 1 aromatic heterocycles. The van der Waals surface area contributed by atoms with Crippen LogP contribution in [0.2, 0.25) is 0 Å². The third-order valence-corrected chi connectivity index (χ3v) is 7.73.